The Kier molecular flexibility index (Phi) is 4.65. The fourth-order valence-corrected chi connectivity index (χ4v) is 2.01. The zero-order valence-corrected chi connectivity index (χ0v) is 12.0. The van der Waals surface area contributed by atoms with E-state index in [2.05, 4.69) is 0 Å². The van der Waals surface area contributed by atoms with Gasteiger partial charge >= 0.3 is 5.97 Å². The molecule has 0 aliphatic rings. The van der Waals surface area contributed by atoms with Crippen LogP contribution in [0.15, 0.2) is 36.4 Å². The van der Waals surface area contributed by atoms with E-state index < -0.39 is 11.8 Å². The Bertz CT molecular complexity index is 676. The minimum absolute atomic E-state index is 0.0917. The number of nitrogen functional groups attached to an aromatic ring is 1. The summed E-state index contributed by atoms with van der Waals surface area (Å²) in [7, 11) is 1.36. The lowest BCUT2D eigenvalue weighted by Gasteiger charge is -2.09. The predicted octanol–water partition coefficient (Wildman–Crippen LogP) is 3.43. The summed E-state index contributed by atoms with van der Waals surface area (Å²) in [6.07, 6.45) is 0. The second-order valence-electron chi connectivity index (χ2n) is 4.25. The molecule has 0 radical (unpaired) electrons. The van der Waals surface area contributed by atoms with Gasteiger partial charge in [0.25, 0.3) is 0 Å². The first-order valence-electron chi connectivity index (χ1n) is 6.06. The van der Waals surface area contributed by atoms with Gasteiger partial charge in [-0.1, -0.05) is 23.7 Å². The average Bonchev–Trinajstić information content (AvgIpc) is 2.46. The molecule has 0 bridgehead atoms. The number of ether oxygens (including phenoxy) is 2. The van der Waals surface area contributed by atoms with Gasteiger partial charge in [-0.3, -0.25) is 0 Å². The number of hydrogen-bond acceptors (Lipinski definition) is 4. The molecular weight excluding hydrogens is 297 g/mol. The summed E-state index contributed by atoms with van der Waals surface area (Å²) in [5.41, 5.74) is 6.38. The van der Waals surface area contributed by atoms with E-state index in [1.54, 1.807) is 6.07 Å². The van der Waals surface area contributed by atoms with Crippen LogP contribution in [0.5, 0.6) is 5.75 Å². The van der Waals surface area contributed by atoms with Gasteiger partial charge in [-0.15, -0.1) is 0 Å². The molecule has 2 aromatic rings. The Labute approximate surface area is 126 Å². The number of rotatable bonds is 4. The highest BCUT2D eigenvalue weighted by Crippen LogP contribution is 2.23. The van der Waals surface area contributed by atoms with E-state index in [1.807, 2.05) is 0 Å². The van der Waals surface area contributed by atoms with Crippen molar-refractivity contribution in [1.82, 2.24) is 0 Å². The zero-order chi connectivity index (χ0) is 15.4. The number of benzene rings is 2. The number of anilines is 1. The third-order valence-corrected chi connectivity index (χ3v) is 3.15. The summed E-state index contributed by atoms with van der Waals surface area (Å²) >= 11 is 5.91. The highest BCUT2D eigenvalue weighted by atomic mass is 35.5. The highest BCUT2D eigenvalue weighted by Gasteiger charge is 2.14. The molecule has 6 heteroatoms. The van der Waals surface area contributed by atoms with E-state index in [9.17, 15) is 9.18 Å². The van der Waals surface area contributed by atoms with Crippen LogP contribution in [0.25, 0.3) is 0 Å². The lowest BCUT2D eigenvalue weighted by Crippen LogP contribution is -2.07. The van der Waals surface area contributed by atoms with Gasteiger partial charge in [-0.2, -0.15) is 0 Å². The summed E-state index contributed by atoms with van der Waals surface area (Å²) in [5.74, 6) is -1.12. The molecule has 0 amide bonds. The quantitative estimate of drug-likeness (QED) is 0.694. The molecule has 0 aliphatic carbocycles. The van der Waals surface area contributed by atoms with Crippen molar-refractivity contribution in [3.8, 4) is 5.75 Å². The van der Waals surface area contributed by atoms with Gasteiger partial charge in [-0.25, -0.2) is 9.18 Å². The van der Waals surface area contributed by atoms with E-state index in [4.69, 9.17) is 26.8 Å². The first-order valence-corrected chi connectivity index (χ1v) is 6.44. The maximum Gasteiger partial charge on any atom is 0.339 e. The van der Waals surface area contributed by atoms with E-state index >= 15 is 0 Å². The van der Waals surface area contributed by atoms with Gasteiger partial charge in [0.05, 0.1) is 17.7 Å². The minimum atomic E-state index is -0.651. The van der Waals surface area contributed by atoms with Gasteiger partial charge in [0.15, 0.2) is 11.6 Å². The third kappa shape index (κ3) is 3.44. The molecule has 110 valence electrons. The van der Waals surface area contributed by atoms with Crippen molar-refractivity contribution in [1.29, 1.82) is 0 Å². The fourth-order valence-electron chi connectivity index (χ4n) is 1.74. The summed E-state index contributed by atoms with van der Waals surface area (Å²) < 4.78 is 23.8. The number of methoxy groups -OCH3 is 1. The molecule has 0 saturated heterocycles. The summed E-state index contributed by atoms with van der Waals surface area (Å²) in [5, 5.41) is 0.186. The molecule has 0 fully saturated rings. The second-order valence-corrected chi connectivity index (χ2v) is 4.66. The van der Waals surface area contributed by atoms with E-state index in [0.717, 1.165) is 0 Å². The molecule has 2 rings (SSSR count). The SMILES string of the molecule is COc1cccc(COC(=O)c2ccc(N)cc2Cl)c1F. The monoisotopic (exact) mass is 309 g/mol. The van der Waals surface area contributed by atoms with Crippen molar-refractivity contribution in [2.75, 3.05) is 12.8 Å². The summed E-state index contributed by atoms with van der Waals surface area (Å²) in [6.45, 7) is -0.220. The Hall–Kier alpha value is -2.27. The van der Waals surface area contributed by atoms with E-state index in [1.165, 1.54) is 37.4 Å². The molecule has 0 saturated carbocycles. The van der Waals surface area contributed by atoms with Crippen LogP contribution < -0.4 is 10.5 Å². The Morgan fingerprint density at radius 1 is 1.33 bits per heavy atom. The smallest absolute Gasteiger partial charge is 0.339 e. The fraction of sp³-hybridized carbons (Fsp3) is 0.133. The molecule has 0 spiro atoms. The number of hydrogen-bond donors (Lipinski definition) is 1. The lowest BCUT2D eigenvalue weighted by molar-refractivity contribution is 0.0468. The van der Waals surface area contributed by atoms with Crippen molar-refractivity contribution < 1.29 is 18.7 Å². The van der Waals surface area contributed by atoms with Crippen LogP contribution in [0.3, 0.4) is 0 Å². The van der Waals surface area contributed by atoms with Gasteiger partial charge in [0.2, 0.25) is 0 Å². The topological polar surface area (TPSA) is 61.5 Å². The van der Waals surface area contributed by atoms with Crippen LogP contribution in [0.1, 0.15) is 15.9 Å². The summed E-state index contributed by atoms with van der Waals surface area (Å²) in [4.78, 5) is 11.9. The number of carbonyl (C=O) groups is 1. The van der Waals surface area contributed by atoms with Gasteiger partial charge in [-0.05, 0) is 24.3 Å². The number of halogens is 2. The van der Waals surface area contributed by atoms with Gasteiger partial charge < -0.3 is 15.2 Å². The molecule has 0 unspecified atom stereocenters. The third-order valence-electron chi connectivity index (χ3n) is 2.84. The Balaban J connectivity index is 2.11. The van der Waals surface area contributed by atoms with Gasteiger partial charge in [0, 0.05) is 11.3 Å². The maximum atomic E-state index is 13.9. The average molecular weight is 310 g/mol. The largest absolute Gasteiger partial charge is 0.494 e. The number of nitrogens with two attached hydrogens (primary N) is 1. The maximum absolute atomic E-state index is 13.9. The Morgan fingerprint density at radius 3 is 2.76 bits per heavy atom. The van der Waals surface area contributed by atoms with Crippen molar-refractivity contribution in [2.24, 2.45) is 0 Å². The molecule has 0 aliphatic heterocycles. The number of esters is 1. The van der Waals surface area contributed by atoms with Crippen LogP contribution in [-0.4, -0.2) is 13.1 Å². The second kappa shape index (κ2) is 6.45. The van der Waals surface area contributed by atoms with Crippen LogP contribution in [0.2, 0.25) is 5.02 Å². The Morgan fingerprint density at radius 2 is 2.10 bits per heavy atom. The van der Waals surface area contributed by atoms with Crippen LogP contribution in [0, 0.1) is 5.82 Å². The molecule has 4 nitrogen and oxygen atoms in total. The van der Waals surface area contributed by atoms with Crippen LogP contribution >= 0.6 is 11.6 Å². The molecule has 2 N–H and O–H groups in total. The molecular formula is C15H13ClFNO3. The van der Waals surface area contributed by atoms with Crippen LogP contribution in [-0.2, 0) is 11.3 Å². The first kappa shape index (κ1) is 15.1. The molecule has 0 aromatic heterocycles. The van der Waals surface area contributed by atoms with Gasteiger partial charge in [0.1, 0.15) is 6.61 Å². The number of carbonyl (C=O) groups excluding carboxylic acids is 1. The zero-order valence-electron chi connectivity index (χ0n) is 11.2. The van der Waals surface area contributed by atoms with Crippen molar-refractivity contribution >= 4 is 23.3 Å². The van der Waals surface area contributed by atoms with Crippen molar-refractivity contribution in [3.05, 3.63) is 58.4 Å². The molecule has 0 heterocycles. The standard InChI is InChI=1S/C15H13ClFNO3/c1-20-13-4-2-3-9(14(13)17)8-21-15(19)11-6-5-10(18)7-12(11)16/h2-7H,8,18H2,1H3. The highest BCUT2D eigenvalue weighted by molar-refractivity contribution is 6.33. The van der Waals surface area contributed by atoms with Crippen molar-refractivity contribution in [3.63, 3.8) is 0 Å². The molecule has 21 heavy (non-hydrogen) atoms. The van der Waals surface area contributed by atoms with Crippen LogP contribution in [0.4, 0.5) is 10.1 Å². The van der Waals surface area contributed by atoms with Crippen molar-refractivity contribution in [2.45, 2.75) is 6.61 Å². The van der Waals surface area contributed by atoms with E-state index in [-0.39, 0.29) is 28.5 Å². The first-order chi connectivity index (χ1) is 10.0. The molecule has 2 aromatic carbocycles. The van der Waals surface area contributed by atoms with E-state index in [0.29, 0.717) is 5.69 Å². The lowest BCUT2D eigenvalue weighted by atomic mass is 10.2. The molecule has 0 atom stereocenters. The summed E-state index contributed by atoms with van der Waals surface area (Å²) in [6, 6.07) is 9.05. The predicted molar refractivity (Wildman–Crippen MR) is 77.9 cm³/mol. The normalized spacial score (nSPS) is 10.2. The minimum Gasteiger partial charge on any atom is -0.494 e.